The summed E-state index contributed by atoms with van der Waals surface area (Å²) < 4.78 is 47.2. The topological polar surface area (TPSA) is 36.3 Å². The van der Waals surface area contributed by atoms with Gasteiger partial charge in [0.2, 0.25) is 0 Å². The van der Waals surface area contributed by atoms with E-state index in [2.05, 4.69) is 9.84 Å². The van der Waals surface area contributed by atoms with E-state index in [1.165, 1.54) is 0 Å². The van der Waals surface area contributed by atoms with Crippen LogP contribution in [0.4, 0.5) is 13.2 Å². The summed E-state index contributed by atoms with van der Waals surface area (Å²) in [6.45, 7) is 0.477. The molecule has 1 aromatic heterocycles. The van der Waals surface area contributed by atoms with Crippen LogP contribution in [0.1, 0.15) is 43.4 Å². The van der Waals surface area contributed by atoms with Crippen molar-refractivity contribution in [2.75, 3.05) is 13.2 Å². The van der Waals surface area contributed by atoms with Gasteiger partial charge in [-0.3, -0.25) is 4.74 Å². The first-order valence-electron chi connectivity index (χ1n) is 6.89. The molecule has 0 amide bonds. The first-order chi connectivity index (χ1) is 9.53. The fourth-order valence-electron chi connectivity index (χ4n) is 2.68. The van der Waals surface area contributed by atoms with Gasteiger partial charge in [0.1, 0.15) is 6.23 Å². The van der Waals surface area contributed by atoms with Gasteiger partial charge in [-0.25, -0.2) is 4.68 Å². The lowest BCUT2D eigenvalue weighted by molar-refractivity contribution is -0.326. The quantitative estimate of drug-likeness (QED) is 0.854. The Morgan fingerprint density at radius 1 is 1.40 bits per heavy atom. The molecular formula is C13H17F3N2O2. The van der Waals surface area contributed by atoms with Crippen LogP contribution in [-0.2, 0) is 9.47 Å². The van der Waals surface area contributed by atoms with Crippen molar-refractivity contribution in [3.63, 3.8) is 0 Å². The summed E-state index contributed by atoms with van der Waals surface area (Å²) in [6, 6.07) is 0. The standard InChI is InChI=1S/C13H17F3N2O2/c14-13(15,16)20-8-9-5-11(9)10-6-17-18(7-10)12-3-1-2-4-19-12/h6-7,9,11-12H,1-5,8H2. The van der Waals surface area contributed by atoms with Gasteiger partial charge in [0.05, 0.1) is 12.8 Å². The van der Waals surface area contributed by atoms with Gasteiger partial charge in [-0.15, -0.1) is 13.2 Å². The van der Waals surface area contributed by atoms with Crippen molar-refractivity contribution in [3.05, 3.63) is 18.0 Å². The number of ether oxygens (including phenoxy) is 2. The van der Waals surface area contributed by atoms with E-state index in [1.54, 1.807) is 10.9 Å². The number of nitrogens with zero attached hydrogens (tertiary/aromatic N) is 2. The molecule has 4 nitrogen and oxygen atoms in total. The summed E-state index contributed by atoms with van der Waals surface area (Å²) in [7, 11) is 0. The molecule has 1 aromatic rings. The van der Waals surface area contributed by atoms with Crippen LogP contribution in [0.25, 0.3) is 0 Å². The molecule has 1 aliphatic carbocycles. The zero-order chi connectivity index (χ0) is 14.2. The number of alkyl halides is 3. The van der Waals surface area contributed by atoms with Crippen molar-refractivity contribution >= 4 is 0 Å². The maximum Gasteiger partial charge on any atom is 0.522 e. The highest BCUT2D eigenvalue weighted by molar-refractivity contribution is 5.20. The summed E-state index contributed by atoms with van der Waals surface area (Å²) >= 11 is 0. The largest absolute Gasteiger partial charge is 0.522 e. The third-order valence-corrected chi connectivity index (χ3v) is 3.88. The normalized spacial score (nSPS) is 30.4. The Balaban J connectivity index is 1.53. The third kappa shape index (κ3) is 3.32. The van der Waals surface area contributed by atoms with Crippen LogP contribution in [0.5, 0.6) is 0 Å². The van der Waals surface area contributed by atoms with E-state index in [0.717, 1.165) is 37.9 Å². The van der Waals surface area contributed by atoms with Crippen molar-refractivity contribution in [3.8, 4) is 0 Å². The Morgan fingerprint density at radius 3 is 2.95 bits per heavy atom. The van der Waals surface area contributed by atoms with Crippen LogP contribution >= 0.6 is 0 Å². The molecule has 7 heteroatoms. The van der Waals surface area contributed by atoms with Crippen molar-refractivity contribution < 1.29 is 22.6 Å². The molecule has 0 aromatic carbocycles. The minimum Gasteiger partial charge on any atom is -0.357 e. The van der Waals surface area contributed by atoms with Crippen LogP contribution < -0.4 is 0 Å². The summed E-state index contributed by atoms with van der Waals surface area (Å²) in [6.07, 6.45) is 2.92. The minimum absolute atomic E-state index is 0.0267. The fourth-order valence-corrected chi connectivity index (χ4v) is 2.68. The molecule has 2 fully saturated rings. The van der Waals surface area contributed by atoms with E-state index >= 15 is 0 Å². The van der Waals surface area contributed by atoms with Gasteiger partial charge < -0.3 is 4.74 Å². The number of hydrogen-bond donors (Lipinski definition) is 0. The predicted octanol–water partition coefficient (Wildman–Crippen LogP) is 3.22. The smallest absolute Gasteiger partial charge is 0.357 e. The number of aromatic nitrogens is 2. The lowest BCUT2D eigenvalue weighted by Gasteiger charge is -2.22. The first kappa shape index (κ1) is 13.9. The fraction of sp³-hybridized carbons (Fsp3) is 0.769. The van der Waals surface area contributed by atoms with Gasteiger partial charge in [-0.1, -0.05) is 0 Å². The molecule has 0 bridgehead atoms. The van der Waals surface area contributed by atoms with Gasteiger partial charge in [0.25, 0.3) is 0 Å². The van der Waals surface area contributed by atoms with Crippen LogP contribution in [0.3, 0.4) is 0 Å². The Hall–Kier alpha value is -1.08. The molecule has 1 saturated carbocycles. The molecule has 1 saturated heterocycles. The average molecular weight is 290 g/mol. The third-order valence-electron chi connectivity index (χ3n) is 3.88. The molecule has 3 atom stereocenters. The van der Waals surface area contributed by atoms with Crippen LogP contribution in [-0.4, -0.2) is 29.4 Å². The molecule has 112 valence electrons. The van der Waals surface area contributed by atoms with Gasteiger partial charge in [-0.05, 0) is 43.1 Å². The maximum atomic E-state index is 12.0. The van der Waals surface area contributed by atoms with E-state index in [1.807, 2.05) is 6.20 Å². The zero-order valence-corrected chi connectivity index (χ0v) is 11.0. The first-order valence-corrected chi connectivity index (χ1v) is 6.89. The average Bonchev–Trinajstić information content (AvgIpc) is 3.03. The van der Waals surface area contributed by atoms with Crippen molar-refractivity contribution in [2.24, 2.45) is 5.92 Å². The molecule has 3 unspecified atom stereocenters. The van der Waals surface area contributed by atoms with Gasteiger partial charge >= 0.3 is 6.36 Å². The Labute approximate surface area is 114 Å². The van der Waals surface area contributed by atoms with Crippen LogP contribution in [0.2, 0.25) is 0 Å². The van der Waals surface area contributed by atoms with Gasteiger partial charge in [0.15, 0.2) is 0 Å². The van der Waals surface area contributed by atoms with E-state index in [-0.39, 0.29) is 24.7 Å². The molecule has 0 N–H and O–H groups in total. The highest BCUT2D eigenvalue weighted by atomic mass is 19.4. The van der Waals surface area contributed by atoms with E-state index in [4.69, 9.17) is 4.74 Å². The second-order valence-corrected chi connectivity index (χ2v) is 5.43. The van der Waals surface area contributed by atoms with Crippen LogP contribution in [0, 0.1) is 5.92 Å². The highest BCUT2D eigenvalue weighted by Gasteiger charge is 2.42. The van der Waals surface area contributed by atoms with Gasteiger partial charge in [0, 0.05) is 12.8 Å². The molecule has 3 rings (SSSR count). The lowest BCUT2D eigenvalue weighted by Crippen LogP contribution is -2.18. The Morgan fingerprint density at radius 2 is 2.25 bits per heavy atom. The van der Waals surface area contributed by atoms with Crippen molar-refractivity contribution in [1.29, 1.82) is 0 Å². The Kier molecular flexibility index (Phi) is 3.72. The predicted molar refractivity (Wildman–Crippen MR) is 63.9 cm³/mol. The number of hydrogen-bond acceptors (Lipinski definition) is 3. The SMILES string of the molecule is FC(F)(F)OCC1CC1c1cnn(C2CCCCO2)c1. The second-order valence-electron chi connectivity index (χ2n) is 5.43. The van der Waals surface area contributed by atoms with Crippen molar-refractivity contribution in [1.82, 2.24) is 9.78 Å². The van der Waals surface area contributed by atoms with E-state index in [0.29, 0.717) is 0 Å². The molecule has 2 aliphatic rings. The molecular weight excluding hydrogens is 273 g/mol. The summed E-state index contributed by atoms with van der Waals surface area (Å²) in [4.78, 5) is 0. The minimum atomic E-state index is -4.53. The number of rotatable bonds is 4. The van der Waals surface area contributed by atoms with Gasteiger partial charge in [-0.2, -0.15) is 5.10 Å². The summed E-state index contributed by atoms with van der Waals surface area (Å²) in [5, 5.41) is 4.27. The number of halogens is 3. The maximum absolute atomic E-state index is 12.0. The molecule has 0 radical (unpaired) electrons. The Bertz CT molecular complexity index is 455. The molecule has 0 spiro atoms. The highest BCUT2D eigenvalue weighted by Crippen LogP contribution is 2.48. The summed E-state index contributed by atoms with van der Waals surface area (Å²) in [5.74, 6) is 0.0799. The van der Waals surface area contributed by atoms with E-state index in [9.17, 15) is 13.2 Å². The zero-order valence-electron chi connectivity index (χ0n) is 11.0. The second kappa shape index (κ2) is 5.37. The monoisotopic (exact) mass is 290 g/mol. The van der Waals surface area contributed by atoms with Crippen molar-refractivity contribution in [2.45, 2.75) is 44.2 Å². The lowest BCUT2D eigenvalue weighted by atomic mass is 10.2. The van der Waals surface area contributed by atoms with E-state index < -0.39 is 6.36 Å². The summed E-state index contributed by atoms with van der Waals surface area (Å²) in [5.41, 5.74) is 0.981. The molecule has 2 heterocycles. The molecule has 1 aliphatic heterocycles. The molecule has 20 heavy (non-hydrogen) atoms. The van der Waals surface area contributed by atoms with Crippen LogP contribution in [0.15, 0.2) is 12.4 Å².